The first-order chi connectivity index (χ1) is 5.99. The molecule has 1 rings (SSSR count). The quantitative estimate of drug-likeness (QED) is 0.471. The number of hydrogen-bond donors (Lipinski definition) is 3. The van der Waals surface area contributed by atoms with Crippen molar-refractivity contribution < 1.29 is 13.2 Å². The van der Waals surface area contributed by atoms with Gasteiger partial charge in [-0.1, -0.05) is 0 Å². The second-order valence-corrected chi connectivity index (χ2v) is 4.70. The van der Waals surface area contributed by atoms with Crippen LogP contribution in [0.5, 0.6) is 0 Å². The van der Waals surface area contributed by atoms with Crippen molar-refractivity contribution in [1.29, 1.82) is 0 Å². The van der Waals surface area contributed by atoms with E-state index >= 15 is 0 Å². The van der Waals surface area contributed by atoms with Gasteiger partial charge in [-0.2, -0.15) is 0 Å². The van der Waals surface area contributed by atoms with E-state index in [0.717, 1.165) is 12.8 Å². The van der Waals surface area contributed by atoms with Crippen LogP contribution in [0.3, 0.4) is 0 Å². The second-order valence-electron chi connectivity index (χ2n) is 2.95. The zero-order valence-electron chi connectivity index (χ0n) is 7.33. The minimum Gasteiger partial charge on any atom is -0.313 e. The van der Waals surface area contributed by atoms with E-state index in [1.54, 1.807) is 0 Å². The van der Waals surface area contributed by atoms with Crippen molar-refractivity contribution >= 4 is 15.9 Å². The highest BCUT2D eigenvalue weighted by molar-refractivity contribution is 7.89. The largest absolute Gasteiger partial charge is 0.313 e. The van der Waals surface area contributed by atoms with Gasteiger partial charge in [0.1, 0.15) is 6.04 Å². The summed E-state index contributed by atoms with van der Waals surface area (Å²) in [7, 11) is -3.44. The number of rotatable bonds is 2. The summed E-state index contributed by atoms with van der Waals surface area (Å²) in [4.78, 5) is 11.2. The van der Waals surface area contributed by atoms with Gasteiger partial charge in [-0.3, -0.25) is 9.52 Å². The first kappa shape index (κ1) is 10.4. The van der Waals surface area contributed by atoms with E-state index in [9.17, 15) is 13.2 Å². The van der Waals surface area contributed by atoms with Crippen LogP contribution in [-0.4, -0.2) is 46.3 Å². The van der Waals surface area contributed by atoms with E-state index < -0.39 is 22.0 Å². The Morgan fingerprint density at radius 1 is 1.46 bits per heavy atom. The highest BCUT2D eigenvalue weighted by Crippen LogP contribution is 1.88. The standard InChI is InChI=1S/C6H13N3O3S/c1-13(11,12)9-6(10)5-4-7-2-3-8-5/h5,7-8H,2-4H2,1H3,(H,9,10). The van der Waals surface area contributed by atoms with Gasteiger partial charge in [-0.15, -0.1) is 0 Å². The van der Waals surface area contributed by atoms with E-state index in [2.05, 4.69) is 10.6 Å². The fraction of sp³-hybridized carbons (Fsp3) is 0.833. The molecule has 3 N–H and O–H groups in total. The van der Waals surface area contributed by atoms with Gasteiger partial charge in [0, 0.05) is 19.6 Å². The molecule has 1 aliphatic heterocycles. The lowest BCUT2D eigenvalue weighted by molar-refractivity contribution is -0.121. The van der Waals surface area contributed by atoms with Crippen LogP contribution in [0.2, 0.25) is 0 Å². The summed E-state index contributed by atoms with van der Waals surface area (Å²) in [6.07, 6.45) is 0.959. The Labute approximate surface area is 77.1 Å². The zero-order chi connectivity index (χ0) is 9.90. The number of amides is 1. The molecule has 76 valence electrons. The normalized spacial score (nSPS) is 23.9. The molecule has 1 amide bonds. The third kappa shape index (κ3) is 3.71. The van der Waals surface area contributed by atoms with Gasteiger partial charge >= 0.3 is 0 Å². The summed E-state index contributed by atoms with van der Waals surface area (Å²) in [5.41, 5.74) is 0. The predicted octanol–water partition coefficient (Wildman–Crippen LogP) is -2.38. The molecule has 0 aliphatic carbocycles. The number of carbonyl (C=O) groups excluding carboxylic acids is 1. The molecule has 7 heteroatoms. The fourth-order valence-corrected chi connectivity index (χ4v) is 1.60. The molecule has 1 atom stereocenters. The van der Waals surface area contributed by atoms with Crippen LogP contribution in [-0.2, 0) is 14.8 Å². The highest BCUT2D eigenvalue weighted by Gasteiger charge is 2.22. The Hall–Kier alpha value is -0.660. The molecule has 13 heavy (non-hydrogen) atoms. The van der Waals surface area contributed by atoms with Crippen LogP contribution in [0, 0.1) is 0 Å². The lowest BCUT2D eigenvalue weighted by Gasteiger charge is -2.22. The van der Waals surface area contributed by atoms with E-state index in [-0.39, 0.29) is 0 Å². The molecule has 1 aliphatic rings. The molecule has 0 aromatic rings. The van der Waals surface area contributed by atoms with Crippen LogP contribution in [0.4, 0.5) is 0 Å². The molecule has 0 aromatic heterocycles. The summed E-state index contributed by atoms with van der Waals surface area (Å²) in [5, 5.41) is 5.89. The van der Waals surface area contributed by atoms with Gasteiger partial charge in [-0.25, -0.2) is 8.42 Å². The molecule has 0 saturated carbocycles. The summed E-state index contributed by atoms with van der Waals surface area (Å²) < 4.78 is 23.3. The van der Waals surface area contributed by atoms with Crippen molar-refractivity contribution in [2.75, 3.05) is 25.9 Å². The molecule has 0 radical (unpaired) electrons. The Kier molecular flexibility index (Phi) is 3.23. The smallest absolute Gasteiger partial charge is 0.251 e. The van der Waals surface area contributed by atoms with Gasteiger partial charge in [0.25, 0.3) is 5.91 Å². The highest BCUT2D eigenvalue weighted by atomic mass is 32.2. The van der Waals surface area contributed by atoms with E-state index in [4.69, 9.17) is 0 Å². The first-order valence-electron chi connectivity index (χ1n) is 3.95. The van der Waals surface area contributed by atoms with Crippen molar-refractivity contribution in [3.63, 3.8) is 0 Å². The van der Waals surface area contributed by atoms with Gasteiger partial charge < -0.3 is 10.6 Å². The molecule has 6 nitrogen and oxygen atoms in total. The predicted molar refractivity (Wildman–Crippen MR) is 47.6 cm³/mol. The Morgan fingerprint density at radius 3 is 2.62 bits per heavy atom. The minimum atomic E-state index is -3.44. The Balaban J connectivity index is 2.47. The van der Waals surface area contributed by atoms with Gasteiger partial charge in [0.05, 0.1) is 6.26 Å². The lowest BCUT2D eigenvalue weighted by Crippen LogP contribution is -2.56. The third-order valence-corrected chi connectivity index (χ3v) is 2.22. The molecule has 0 aromatic carbocycles. The molecular formula is C6H13N3O3S. The SMILES string of the molecule is CS(=O)(=O)NC(=O)C1CNCCN1. The molecule has 1 unspecified atom stereocenters. The van der Waals surface area contributed by atoms with Gasteiger partial charge in [0.15, 0.2) is 0 Å². The number of hydrogen-bond acceptors (Lipinski definition) is 5. The van der Waals surface area contributed by atoms with Crippen molar-refractivity contribution in [2.45, 2.75) is 6.04 Å². The van der Waals surface area contributed by atoms with Crippen LogP contribution < -0.4 is 15.4 Å². The zero-order valence-corrected chi connectivity index (χ0v) is 8.15. The van der Waals surface area contributed by atoms with Crippen molar-refractivity contribution in [1.82, 2.24) is 15.4 Å². The van der Waals surface area contributed by atoms with Crippen LogP contribution in [0.15, 0.2) is 0 Å². The van der Waals surface area contributed by atoms with Crippen molar-refractivity contribution in [3.05, 3.63) is 0 Å². The molecule has 1 saturated heterocycles. The number of carbonyl (C=O) groups is 1. The van der Waals surface area contributed by atoms with E-state index in [0.29, 0.717) is 13.1 Å². The summed E-state index contributed by atoms with van der Waals surface area (Å²) in [5.74, 6) is -0.505. The minimum absolute atomic E-state index is 0.455. The summed E-state index contributed by atoms with van der Waals surface area (Å²) in [6, 6.07) is -0.455. The maximum absolute atomic E-state index is 11.2. The molecular weight excluding hydrogens is 194 g/mol. The molecule has 0 spiro atoms. The second kappa shape index (κ2) is 4.03. The molecule has 1 heterocycles. The summed E-state index contributed by atoms with van der Waals surface area (Å²) in [6.45, 7) is 1.92. The number of piperazine rings is 1. The lowest BCUT2D eigenvalue weighted by atomic mass is 10.2. The first-order valence-corrected chi connectivity index (χ1v) is 5.84. The maximum atomic E-state index is 11.2. The maximum Gasteiger partial charge on any atom is 0.251 e. The average molecular weight is 207 g/mol. The number of sulfonamides is 1. The van der Waals surface area contributed by atoms with Gasteiger partial charge in [0.2, 0.25) is 10.0 Å². The van der Waals surface area contributed by atoms with Crippen LogP contribution in [0.1, 0.15) is 0 Å². The Bertz CT molecular complexity index is 281. The van der Waals surface area contributed by atoms with E-state index in [1.165, 1.54) is 0 Å². The van der Waals surface area contributed by atoms with Gasteiger partial charge in [-0.05, 0) is 0 Å². The molecule has 0 bridgehead atoms. The monoisotopic (exact) mass is 207 g/mol. The van der Waals surface area contributed by atoms with Crippen molar-refractivity contribution in [2.24, 2.45) is 0 Å². The van der Waals surface area contributed by atoms with Crippen LogP contribution >= 0.6 is 0 Å². The number of nitrogens with one attached hydrogen (secondary N) is 3. The summed E-state index contributed by atoms with van der Waals surface area (Å²) >= 11 is 0. The van der Waals surface area contributed by atoms with E-state index in [1.807, 2.05) is 4.72 Å². The third-order valence-electron chi connectivity index (χ3n) is 1.64. The average Bonchev–Trinajstić information content (AvgIpc) is 2.03. The Morgan fingerprint density at radius 2 is 2.15 bits per heavy atom. The fourth-order valence-electron chi connectivity index (χ4n) is 1.09. The van der Waals surface area contributed by atoms with Crippen LogP contribution in [0.25, 0.3) is 0 Å². The molecule has 1 fully saturated rings. The van der Waals surface area contributed by atoms with Crippen molar-refractivity contribution in [3.8, 4) is 0 Å². The topological polar surface area (TPSA) is 87.3 Å².